The molecule has 0 unspecified atom stereocenters. The molecule has 94 valence electrons. The zero-order valence-electron chi connectivity index (χ0n) is 10.2. The number of fused-ring (bicyclic) bond motifs is 2. The number of aromatic hydroxyl groups is 1. The van der Waals surface area contributed by atoms with Gasteiger partial charge >= 0.3 is 0 Å². The van der Waals surface area contributed by atoms with Gasteiger partial charge in [0.15, 0.2) is 0 Å². The van der Waals surface area contributed by atoms with Crippen LogP contribution in [0, 0.1) is 0 Å². The second-order valence-electron chi connectivity index (χ2n) is 4.36. The molecular formula is C16H12O3. The molecule has 0 bridgehead atoms. The van der Waals surface area contributed by atoms with Crippen LogP contribution in [0.1, 0.15) is 5.56 Å². The van der Waals surface area contributed by atoms with Crippen LogP contribution in [0.3, 0.4) is 0 Å². The Labute approximate surface area is 109 Å². The number of hydrogen-bond acceptors (Lipinski definition) is 3. The van der Waals surface area contributed by atoms with Crippen LogP contribution >= 0.6 is 0 Å². The van der Waals surface area contributed by atoms with Crippen LogP contribution < -0.4 is 5.43 Å². The molecule has 1 heterocycles. The minimum absolute atomic E-state index is 0.0926. The topological polar surface area (TPSA) is 50.4 Å². The number of hydrogen-bond donors (Lipinski definition) is 1. The molecule has 0 aliphatic carbocycles. The molecular weight excluding hydrogens is 240 g/mol. The van der Waals surface area contributed by atoms with E-state index >= 15 is 0 Å². The molecule has 0 amide bonds. The van der Waals surface area contributed by atoms with E-state index in [2.05, 4.69) is 6.58 Å². The standard InChI is InChI=1S/C16H12O3/c1-2-5-10-12(17)8-9-14-15(10)16(18)11-6-3-4-7-13(11)19-14/h2-4,6-9,17H,1,5H2. The van der Waals surface area contributed by atoms with E-state index in [1.165, 1.54) is 0 Å². The lowest BCUT2D eigenvalue weighted by Gasteiger charge is -2.07. The lowest BCUT2D eigenvalue weighted by molar-refractivity contribution is 0.470. The van der Waals surface area contributed by atoms with Gasteiger partial charge in [-0.15, -0.1) is 6.58 Å². The highest BCUT2D eigenvalue weighted by atomic mass is 16.3. The third-order valence-electron chi connectivity index (χ3n) is 3.18. The third-order valence-corrected chi connectivity index (χ3v) is 3.18. The second-order valence-corrected chi connectivity index (χ2v) is 4.36. The normalized spacial score (nSPS) is 10.9. The first-order chi connectivity index (χ1) is 9.22. The van der Waals surface area contributed by atoms with E-state index in [-0.39, 0.29) is 11.2 Å². The Balaban J connectivity index is 2.55. The molecule has 3 aromatic rings. The van der Waals surface area contributed by atoms with Gasteiger partial charge < -0.3 is 9.52 Å². The summed E-state index contributed by atoms with van der Waals surface area (Å²) in [6, 6.07) is 10.3. The maximum Gasteiger partial charge on any atom is 0.200 e. The Bertz CT molecular complexity index is 844. The molecule has 0 aliphatic heterocycles. The van der Waals surface area contributed by atoms with Gasteiger partial charge in [-0.2, -0.15) is 0 Å². The first kappa shape index (κ1) is 11.5. The average molecular weight is 252 g/mol. The van der Waals surface area contributed by atoms with Crippen molar-refractivity contribution in [1.29, 1.82) is 0 Å². The van der Waals surface area contributed by atoms with Gasteiger partial charge in [-0.3, -0.25) is 4.79 Å². The highest BCUT2D eigenvalue weighted by Crippen LogP contribution is 2.28. The maximum absolute atomic E-state index is 12.5. The van der Waals surface area contributed by atoms with Gasteiger partial charge in [0, 0.05) is 5.56 Å². The van der Waals surface area contributed by atoms with Gasteiger partial charge in [0.25, 0.3) is 0 Å². The smallest absolute Gasteiger partial charge is 0.200 e. The largest absolute Gasteiger partial charge is 0.508 e. The lowest BCUT2D eigenvalue weighted by atomic mass is 10.0. The Morgan fingerprint density at radius 1 is 1.16 bits per heavy atom. The molecule has 3 nitrogen and oxygen atoms in total. The number of allylic oxidation sites excluding steroid dienone is 1. The van der Waals surface area contributed by atoms with E-state index in [1.54, 1.807) is 36.4 Å². The number of phenols is 1. The molecule has 0 spiro atoms. The number of rotatable bonds is 2. The highest BCUT2D eigenvalue weighted by molar-refractivity contribution is 5.92. The average Bonchev–Trinajstić information content (AvgIpc) is 2.42. The van der Waals surface area contributed by atoms with Crippen LogP contribution in [0.4, 0.5) is 0 Å². The molecule has 0 fully saturated rings. The van der Waals surface area contributed by atoms with Crippen molar-refractivity contribution in [2.45, 2.75) is 6.42 Å². The number of para-hydroxylation sites is 1. The minimum atomic E-state index is -0.121. The van der Waals surface area contributed by atoms with Gasteiger partial charge in [0.1, 0.15) is 16.9 Å². The van der Waals surface area contributed by atoms with E-state index in [1.807, 2.05) is 6.07 Å². The molecule has 1 aromatic heterocycles. The predicted molar refractivity (Wildman–Crippen MR) is 75.6 cm³/mol. The summed E-state index contributed by atoms with van der Waals surface area (Å²) >= 11 is 0. The van der Waals surface area contributed by atoms with Crippen LogP contribution in [0.15, 0.2) is 58.3 Å². The lowest BCUT2D eigenvalue weighted by Crippen LogP contribution is -2.05. The molecule has 2 aromatic carbocycles. The fourth-order valence-electron chi connectivity index (χ4n) is 2.30. The molecule has 3 heteroatoms. The first-order valence-corrected chi connectivity index (χ1v) is 5.99. The summed E-state index contributed by atoms with van der Waals surface area (Å²) in [5.41, 5.74) is 1.48. The van der Waals surface area contributed by atoms with Crippen LogP contribution in [-0.2, 0) is 6.42 Å². The molecule has 19 heavy (non-hydrogen) atoms. The van der Waals surface area contributed by atoms with Gasteiger partial charge in [0.2, 0.25) is 5.43 Å². The molecule has 0 radical (unpaired) electrons. The second kappa shape index (κ2) is 4.28. The first-order valence-electron chi connectivity index (χ1n) is 5.99. The van der Waals surface area contributed by atoms with Crippen molar-refractivity contribution in [2.24, 2.45) is 0 Å². The summed E-state index contributed by atoms with van der Waals surface area (Å²) in [6.45, 7) is 3.65. The van der Waals surface area contributed by atoms with Crippen molar-refractivity contribution in [3.8, 4) is 5.75 Å². The van der Waals surface area contributed by atoms with E-state index in [4.69, 9.17) is 4.42 Å². The van der Waals surface area contributed by atoms with Crippen molar-refractivity contribution in [3.05, 3.63) is 64.8 Å². The number of benzene rings is 2. The Kier molecular flexibility index (Phi) is 2.60. The van der Waals surface area contributed by atoms with Gasteiger partial charge in [0.05, 0.1) is 10.8 Å². The molecule has 1 N–H and O–H groups in total. The summed E-state index contributed by atoms with van der Waals surface area (Å²) in [7, 11) is 0. The van der Waals surface area contributed by atoms with Crippen molar-refractivity contribution in [2.75, 3.05) is 0 Å². The van der Waals surface area contributed by atoms with E-state index in [0.717, 1.165) is 0 Å². The molecule has 0 saturated heterocycles. The van der Waals surface area contributed by atoms with Crippen LogP contribution in [0.25, 0.3) is 21.9 Å². The fraction of sp³-hybridized carbons (Fsp3) is 0.0625. The minimum Gasteiger partial charge on any atom is -0.508 e. The summed E-state index contributed by atoms with van der Waals surface area (Å²) in [5.74, 6) is 0.0926. The zero-order valence-corrected chi connectivity index (χ0v) is 10.2. The quantitative estimate of drug-likeness (QED) is 0.562. The monoisotopic (exact) mass is 252 g/mol. The zero-order chi connectivity index (χ0) is 13.4. The van der Waals surface area contributed by atoms with Crippen LogP contribution in [0.2, 0.25) is 0 Å². The summed E-state index contributed by atoms with van der Waals surface area (Å²) in [5, 5.41) is 10.9. The maximum atomic E-state index is 12.5. The summed E-state index contributed by atoms with van der Waals surface area (Å²) in [4.78, 5) is 12.5. The Morgan fingerprint density at radius 2 is 1.95 bits per heavy atom. The molecule has 0 aliphatic rings. The summed E-state index contributed by atoms with van der Waals surface area (Å²) in [6.07, 6.45) is 2.08. The van der Waals surface area contributed by atoms with Crippen LogP contribution in [-0.4, -0.2) is 5.11 Å². The number of phenolic OH excluding ortho intramolecular Hbond substituents is 1. The molecule has 0 saturated carbocycles. The van der Waals surface area contributed by atoms with Crippen LogP contribution in [0.5, 0.6) is 5.75 Å². The predicted octanol–water partition coefficient (Wildman–Crippen LogP) is 3.38. The molecule has 0 atom stereocenters. The van der Waals surface area contributed by atoms with Crippen molar-refractivity contribution in [1.82, 2.24) is 0 Å². The van der Waals surface area contributed by atoms with Gasteiger partial charge in [-0.1, -0.05) is 18.2 Å². The van der Waals surface area contributed by atoms with Gasteiger partial charge in [-0.25, -0.2) is 0 Å². The van der Waals surface area contributed by atoms with E-state index < -0.39 is 0 Å². The fourth-order valence-corrected chi connectivity index (χ4v) is 2.30. The van der Waals surface area contributed by atoms with E-state index in [0.29, 0.717) is 33.9 Å². The third kappa shape index (κ3) is 1.71. The highest BCUT2D eigenvalue weighted by Gasteiger charge is 2.13. The van der Waals surface area contributed by atoms with Crippen molar-refractivity contribution >= 4 is 21.9 Å². The van der Waals surface area contributed by atoms with E-state index in [9.17, 15) is 9.90 Å². The summed E-state index contributed by atoms with van der Waals surface area (Å²) < 4.78 is 5.72. The van der Waals surface area contributed by atoms with Gasteiger partial charge in [-0.05, 0) is 30.7 Å². The van der Waals surface area contributed by atoms with Crippen molar-refractivity contribution < 1.29 is 9.52 Å². The van der Waals surface area contributed by atoms with Crippen molar-refractivity contribution in [3.63, 3.8) is 0 Å². The Hall–Kier alpha value is -2.55. The molecule has 3 rings (SSSR count). The Morgan fingerprint density at radius 3 is 2.74 bits per heavy atom. The SMILES string of the molecule is C=CCc1c(O)ccc2oc3ccccc3c(=O)c12.